The third kappa shape index (κ3) is 2.59. The van der Waals surface area contributed by atoms with Crippen LogP contribution in [0.3, 0.4) is 0 Å². The van der Waals surface area contributed by atoms with Gasteiger partial charge in [-0.25, -0.2) is 4.98 Å². The molecule has 118 valence electrons. The fourth-order valence-electron chi connectivity index (χ4n) is 3.09. The average Bonchev–Trinajstić information content (AvgIpc) is 2.63. The van der Waals surface area contributed by atoms with E-state index in [0.717, 1.165) is 38.7 Å². The lowest BCUT2D eigenvalue weighted by molar-refractivity contribution is 0.300. The predicted octanol–water partition coefficient (Wildman–Crippen LogP) is 4.67. The topological polar surface area (TPSA) is 45.1 Å². The minimum atomic E-state index is 0.135. The normalized spacial score (nSPS) is 11.0. The standard InChI is InChI=1S/C21H18N2O/c24-14-13-15-7-1-4-10-18(15)23-21-16-8-2-5-11-19(16)22-20-12-6-3-9-17(20)21/h1-12,24H,13-14H2,(H,22,23). The molecule has 0 aliphatic carbocycles. The third-order valence-corrected chi connectivity index (χ3v) is 4.25. The molecule has 4 rings (SSSR count). The van der Waals surface area contributed by atoms with E-state index in [9.17, 15) is 5.11 Å². The highest BCUT2D eigenvalue weighted by atomic mass is 16.2. The van der Waals surface area contributed by atoms with E-state index in [2.05, 4.69) is 23.5 Å². The second-order valence-corrected chi connectivity index (χ2v) is 5.78. The molecule has 4 aromatic rings. The maximum atomic E-state index is 9.32. The van der Waals surface area contributed by atoms with Crippen LogP contribution < -0.4 is 5.32 Å². The van der Waals surface area contributed by atoms with Gasteiger partial charge in [0.2, 0.25) is 0 Å². The van der Waals surface area contributed by atoms with Gasteiger partial charge in [0.25, 0.3) is 0 Å². The molecular weight excluding hydrogens is 296 g/mol. The minimum absolute atomic E-state index is 0.135. The second kappa shape index (κ2) is 6.30. The van der Waals surface area contributed by atoms with Crippen molar-refractivity contribution < 1.29 is 5.11 Å². The Hall–Kier alpha value is -2.91. The summed E-state index contributed by atoms with van der Waals surface area (Å²) >= 11 is 0. The van der Waals surface area contributed by atoms with E-state index >= 15 is 0 Å². The molecule has 0 unspecified atom stereocenters. The van der Waals surface area contributed by atoms with Gasteiger partial charge in [0.15, 0.2) is 0 Å². The summed E-state index contributed by atoms with van der Waals surface area (Å²) in [6.07, 6.45) is 0.629. The molecule has 0 spiro atoms. The van der Waals surface area contributed by atoms with E-state index in [-0.39, 0.29) is 6.61 Å². The molecule has 1 heterocycles. The van der Waals surface area contributed by atoms with Gasteiger partial charge in [0.05, 0.1) is 16.7 Å². The zero-order chi connectivity index (χ0) is 16.4. The maximum Gasteiger partial charge on any atom is 0.0730 e. The Morgan fingerprint density at radius 3 is 2.00 bits per heavy atom. The number of aliphatic hydroxyl groups excluding tert-OH is 1. The van der Waals surface area contributed by atoms with Crippen LogP contribution in [0.15, 0.2) is 72.8 Å². The second-order valence-electron chi connectivity index (χ2n) is 5.78. The van der Waals surface area contributed by atoms with E-state index in [1.165, 1.54) is 0 Å². The molecule has 3 nitrogen and oxygen atoms in total. The lowest BCUT2D eigenvalue weighted by Crippen LogP contribution is -2.00. The molecule has 0 aliphatic heterocycles. The van der Waals surface area contributed by atoms with Crippen LogP contribution in [-0.2, 0) is 6.42 Å². The van der Waals surface area contributed by atoms with E-state index in [4.69, 9.17) is 4.98 Å². The van der Waals surface area contributed by atoms with Gasteiger partial charge in [-0.05, 0) is 30.2 Å². The van der Waals surface area contributed by atoms with Crippen LogP contribution in [0.4, 0.5) is 11.4 Å². The van der Waals surface area contributed by atoms with E-state index < -0.39 is 0 Å². The summed E-state index contributed by atoms with van der Waals surface area (Å²) in [7, 11) is 0. The Kier molecular flexibility index (Phi) is 3.85. The Morgan fingerprint density at radius 1 is 0.750 bits per heavy atom. The van der Waals surface area contributed by atoms with Crippen molar-refractivity contribution in [3.8, 4) is 0 Å². The molecular formula is C21H18N2O. The number of benzene rings is 3. The number of fused-ring (bicyclic) bond motifs is 2. The van der Waals surface area contributed by atoms with Crippen LogP contribution in [-0.4, -0.2) is 16.7 Å². The lowest BCUT2D eigenvalue weighted by Gasteiger charge is -2.15. The molecule has 0 radical (unpaired) electrons. The summed E-state index contributed by atoms with van der Waals surface area (Å²) in [5.41, 5.74) is 5.12. The number of aliphatic hydroxyl groups is 1. The summed E-state index contributed by atoms with van der Waals surface area (Å²) in [6, 6.07) is 24.4. The fraction of sp³-hybridized carbons (Fsp3) is 0.0952. The van der Waals surface area contributed by atoms with Gasteiger partial charge in [-0.15, -0.1) is 0 Å². The Balaban J connectivity index is 1.94. The third-order valence-electron chi connectivity index (χ3n) is 4.25. The van der Waals surface area contributed by atoms with Gasteiger partial charge < -0.3 is 10.4 Å². The SMILES string of the molecule is OCCc1ccccc1Nc1c2ccccc2nc2ccccc12. The molecule has 0 amide bonds. The summed E-state index contributed by atoms with van der Waals surface area (Å²) < 4.78 is 0. The highest BCUT2D eigenvalue weighted by molar-refractivity contribution is 6.08. The number of hydrogen-bond acceptors (Lipinski definition) is 3. The largest absolute Gasteiger partial charge is 0.396 e. The highest BCUT2D eigenvalue weighted by Crippen LogP contribution is 2.33. The van der Waals surface area contributed by atoms with Crippen LogP contribution in [0.5, 0.6) is 0 Å². The highest BCUT2D eigenvalue weighted by Gasteiger charge is 2.10. The first-order valence-electron chi connectivity index (χ1n) is 8.10. The molecule has 0 fully saturated rings. The van der Waals surface area contributed by atoms with E-state index in [1.54, 1.807) is 0 Å². The molecule has 3 aromatic carbocycles. The van der Waals surface area contributed by atoms with Crippen molar-refractivity contribution in [1.29, 1.82) is 0 Å². The molecule has 0 saturated carbocycles. The quantitative estimate of drug-likeness (QED) is 0.538. The number of rotatable bonds is 4. The summed E-state index contributed by atoms with van der Waals surface area (Å²) in [6.45, 7) is 0.135. The molecule has 2 N–H and O–H groups in total. The van der Waals surface area contributed by atoms with E-state index in [0.29, 0.717) is 6.42 Å². The number of aromatic nitrogens is 1. The van der Waals surface area contributed by atoms with Gasteiger partial charge in [-0.2, -0.15) is 0 Å². The van der Waals surface area contributed by atoms with Gasteiger partial charge >= 0.3 is 0 Å². The molecule has 0 saturated heterocycles. The van der Waals surface area contributed by atoms with Crippen LogP contribution in [0.1, 0.15) is 5.56 Å². The van der Waals surface area contributed by atoms with Gasteiger partial charge in [-0.1, -0.05) is 54.6 Å². The Morgan fingerprint density at radius 2 is 1.33 bits per heavy atom. The summed E-state index contributed by atoms with van der Waals surface area (Å²) in [5.74, 6) is 0. The van der Waals surface area contributed by atoms with Crippen LogP contribution >= 0.6 is 0 Å². The predicted molar refractivity (Wildman–Crippen MR) is 99.8 cm³/mol. The maximum absolute atomic E-state index is 9.32. The van der Waals surface area contributed by atoms with Crippen molar-refractivity contribution in [2.75, 3.05) is 11.9 Å². The minimum Gasteiger partial charge on any atom is -0.396 e. The Labute approximate surface area is 140 Å². The van der Waals surface area contributed by atoms with Gasteiger partial charge in [-0.3, -0.25) is 0 Å². The number of pyridine rings is 1. The summed E-state index contributed by atoms with van der Waals surface area (Å²) in [4.78, 5) is 4.76. The number of hydrogen-bond donors (Lipinski definition) is 2. The lowest BCUT2D eigenvalue weighted by atomic mass is 10.1. The molecule has 0 atom stereocenters. The van der Waals surface area contributed by atoms with Gasteiger partial charge in [0, 0.05) is 23.1 Å². The van der Waals surface area contributed by atoms with Crippen molar-refractivity contribution in [2.45, 2.75) is 6.42 Å². The average molecular weight is 314 g/mol. The van der Waals surface area contributed by atoms with Crippen molar-refractivity contribution in [3.05, 3.63) is 78.4 Å². The molecule has 0 bridgehead atoms. The number of nitrogens with one attached hydrogen (secondary N) is 1. The molecule has 24 heavy (non-hydrogen) atoms. The van der Waals surface area contributed by atoms with Crippen molar-refractivity contribution in [2.24, 2.45) is 0 Å². The number of anilines is 2. The zero-order valence-electron chi connectivity index (χ0n) is 13.2. The van der Waals surface area contributed by atoms with E-state index in [1.807, 2.05) is 54.6 Å². The van der Waals surface area contributed by atoms with Crippen LogP contribution in [0.2, 0.25) is 0 Å². The smallest absolute Gasteiger partial charge is 0.0730 e. The van der Waals surface area contributed by atoms with Crippen LogP contribution in [0, 0.1) is 0 Å². The van der Waals surface area contributed by atoms with Crippen molar-refractivity contribution in [1.82, 2.24) is 4.98 Å². The van der Waals surface area contributed by atoms with Crippen molar-refractivity contribution >= 4 is 33.2 Å². The number of nitrogens with zero attached hydrogens (tertiary/aromatic N) is 1. The summed E-state index contributed by atoms with van der Waals surface area (Å²) in [5, 5.41) is 15.1. The van der Waals surface area contributed by atoms with Crippen LogP contribution in [0.25, 0.3) is 21.8 Å². The monoisotopic (exact) mass is 314 g/mol. The Bertz CT molecular complexity index is 957. The molecule has 1 aromatic heterocycles. The zero-order valence-corrected chi connectivity index (χ0v) is 13.2. The first-order chi connectivity index (χ1) is 11.9. The van der Waals surface area contributed by atoms with Crippen molar-refractivity contribution in [3.63, 3.8) is 0 Å². The number of para-hydroxylation sites is 3. The molecule has 3 heteroatoms. The molecule has 0 aliphatic rings. The first-order valence-corrected chi connectivity index (χ1v) is 8.10. The first kappa shape index (κ1) is 14.7. The fourth-order valence-corrected chi connectivity index (χ4v) is 3.09. The van der Waals surface area contributed by atoms with Gasteiger partial charge in [0.1, 0.15) is 0 Å².